The Kier molecular flexibility index (Phi) is 8.05. The second kappa shape index (κ2) is 10.9. The Labute approximate surface area is 192 Å². The summed E-state index contributed by atoms with van der Waals surface area (Å²) >= 11 is 1.62. The molecule has 1 amide bonds. The third-order valence-corrected chi connectivity index (χ3v) is 5.63. The molecular formula is C24H28FN5OS. The fourth-order valence-corrected chi connectivity index (χ4v) is 3.54. The highest BCUT2D eigenvalue weighted by molar-refractivity contribution is 7.98. The Morgan fingerprint density at radius 3 is 2.75 bits per heavy atom. The number of guanidine groups is 1. The SMILES string of the molecule is CCCn1cc(CN=C(NC(=O)c2ccc(C)c(F)c2)Nc2cccc(SC)c2)c(C)n1. The van der Waals surface area contributed by atoms with Crippen LogP contribution in [0.15, 0.2) is 58.5 Å². The second-order valence-corrected chi connectivity index (χ2v) is 8.32. The summed E-state index contributed by atoms with van der Waals surface area (Å²) in [5.41, 5.74) is 3.39. The fraction of sp³-hybridized carbons (Fsp3) is 0.292. The average Bonchev–Trinajstić information content (AvgIpc) is 3.13. The van der Waals surface area contributed by atoms with Crippen molar-refractivity contribution in [1.82, 2.24) is 15.1 Å². The summed E-state index contributed by atoms with van der Waals surface area (Å²) in [6.45, 7) is 6.89. The van der Waals surface area contributed by atoms with Gasteiger partial charge in [-0.05, 0) is 62.4 Å². The van der Waals surface area contributed by atoms with Gasteiger partial charge in [-0.15, -0.1) is 11.8 Å². The molecule has 0 radical (unpaired) electrons. The van der Waals surface area contributed by atoms with E-state index < -0.39 is 11.7 Å². The number of nitrogens with one attached hydrogen (secondary N) is 2. The predicted octanol–water partition coefficient (Wildman–Crippen LogP) is 5.17. The van der Waals surface area contributed by atoms with Crippen molar-refractivity contribution in [3.05, 3.63) is 76.9 Å². The standard InChI is InChI=1S/C24H28FN5OS/c1-5-11-30-15-19(17(3)29-30)14-26-24(27-20-7-6-8-21(13-20)32-4)28-23(31)18-10-9-16(2)22(25)12-18/h6-10,12-13,15H,5,11,14H2,1-4H3,(H2,26,27,28,31). The van der Waals surface area contributed by atoms with Crippen molar-refractivity contribution in [2.75, 3.05) is 11.6 Å². The maximum absolute atomic E-state index is 13.9. The maximum Gasteiger partial charge on any atom is 0.258 e. The number of carbonyl (C=O) groups excluding carboxylic acids is 1. The van der Waals surface area contributed by atoms with E-state index in [4.69, 9.17) is 0 Å². The molecule has 2 aromatic carbocycles. The lowest BCUT2D eigenvalue weighted by molar-refractivity contribution is 0.0976. The normalized spacial score (nSPS) is 11.5. The van der Waals surface area contributed by atoms with Crippen LogP contribution in [0.5, 0.6) is 0 Å². The van der Waals surface area contributed by atoms with Gasteiger partial charge < -0.3 is 5.32 Å². The van der Waals surface area contributed by atoms with Crippen molar-refractivity contribution >= 4 is 29.3 Å². The van der Waals surface area contributed by atoms with E-state index in [1.54, 1.807) is 30.8 Å². The number of aryl methyl sites for hydroxylation is 3. The smallest absolute Gasteiger partial charge is 0.258 e. The van der Waals surface area contributed by atoms with Gasteiger partial charge in [0.15, 0.2) is 0 Å². The van der Waals surface area contributed by atoms with Crippen molar-refractivity contribution in [3.8, 4) is 0 Å². The molecule has 1 aromatic heterocycles. The largest absolute Gasteiger partial charge is 0.326 e. The van der Waals surface area contributed by atoms with Gasteiger partial charge in [0.2, 0.25) is 5.96 Å². The molecule has 3 rings (SSSR count). The predicted molar refractivity (Wildman–Crippen MR) is 129 cm³/mol. The first-order valence-electron chi connectivity index (χ1n) is 10.5. The molecular weight excluding hydrogens is 425 g/mol. The van der Waals surface area contributed by atoms with Gasteiger partial charge in [-0.1, -0.05) is 19.1 Å². The van der Waals surface area contributed by atoms with Gasteiger partial charge in [-0.25, -0.2) is 9.38 Å². The van der Waals surface area contributed by atoms with E-state index in [0.29, 0.717) is 12.1 Å². The third kappa shape index (κ3) is 6.20. The zero-order valence-corrected chi connectivity index (χ0v) is 19.6. The molecule has 0 aliphatic heterocycles. The van der Waals surface area contributed by atoms with E-state index in [2.05, 4.69) is 27.6 Å². The van der Waals surface area contributed by atoms with Gasteiger partial charge in [0, 0.05) is 34.5 Å². The topological polar surface area (TPSA) is 71.3 Å². The third-order valence-electron chi connectivity index (χ3n) is 4.91. The summed E-state index contributed by atoms with van der Waals surface area (Å²) in [6, 6.07) is 12.2. The van der Waals surface area contributed by atoms with E-state index in [9.17, 15) is 9.18 Å². The van der Waals surface area contributed by atoms with Gasteiger partial charge in [0.1, 0.15) is 5.82 Å². The first-order valence-corrected chi connectivity index (χ1v) is 11.7. The molecule has 32 heavy (non-hydrogen) atoms. The number of amides is 1. The first kappa shape index (κ1) is 23.5. The number of benzene rings is 2. The molecule has 0 aliphatic rings. The number of anilines is 1. The number of halogens is 1. The number of rotatable bonds is 7. The molecule has 1 heterocycles. The number of hydrogen-bond acceptors (Lipinski definition) is 4. The monoisotopic (exact) mass is 453 g/mol. The van der Waals surface area contributed by atoms with Crippen molar-refractivity contribution < 1.29 is 9.18 Å². The summed E-state index contributed by atoms with van der Waals surface area (Å²) in [6.07, 6.45) is 4.97. The van der Waals surface area contributed by atoms with Crippen molar-refractivity contribution in [3.63, 3.8) is 0 Å². The molecule has 3 aromatic rings. The Hall–Kier alpha value is -3.13. The van der Waals surface area contributed by atoms with Crippen LogP contribution in [0.4, 0.5) is 10.1 Å². The zero-order valence-electron chi connectivity index (χ0n) is 18.8. The van der Waals surface area contributed by atoms with Crippen LogP contribution in [0.1, 0.15) is 40.5 Å². The van der Waals surface area contributed by atoms with Crippen molar-refractivity contribution in [1.29, 1.82) is 0 Å². The van der Waals surface area contributed by atoms with E-state index >= 15 is 0 Å². The van der Waals surface area contributed by atoms with Gasteiger partial charge >= 0.3 is 0 Å². The van der Waals surface area contributed by atoms with Gasteiger partial charge in [0.25, 0.3) is 5.91 Å². The quantitative estimate of drug-likeness (QED) is 0.294. The highest BCUT2D eigenvalue weighted by atomic mass is 32.2. The highest BCUT2D eigenvalue weighted by Gasteiger charge is 2.12. The van der Waals surface area contributed by atoms with E-state index in [1.165, 1.54) is 6.07 Å². The first-order chi connectivity index (χ1) is 15.4. The molecule has 8 heteroatoms. The molecule has 168 valence electrons. The lowest BCUT2D eigenvalue weighted by Crippen LogP contribution is -2.36. The van der Waals surface area contributed by atoms with Crippen LogP contribution in [0.3, 0.4) is 0 Å². The summed E-state index contributed by atoms with van der Waals surface area (Å²) in [5.74, 6) is -0.567. The second-order valence-electron chi connectivity index (χ2n) is 7.44. The lowest BCUT2D eigenvalue weighted by Gasteiger charge is -2.13. The van der Waals surface area contributed by atoms with Crippen LogP contribution >= 0.6 is 11.8 Å². The maximum atomic E-state index is 13.9. The fourth-order valence-electron chi connectivity index (χ4n) is 3.08. The molecule has 0 saturated heterocycles. The van der Waals surface area contributed by atoms with Crippen LogP contribution in [0, 0.1) is 19.7 Å². The zero-order chi connectivity index (χ0) is 23.1. The summed E-state index contributed by atoms with van der Waals surface area (Å²) in [5, 5.41) is 10.5. The molecule has 0 fully saturated rings. The van der Waals surface area contributed by atoms with Gasteiger partial charge in [-0.2, -0.15) is 5.10 Å². The minimum atomic E-state index is -0.436. The Morgan fingerprint density at radius 2 is 2.03 bits per heavy atom. The van der Waals surface area contributed by atoms with Crippen molar-refractivity contribution in [2.45, 2.75) is 45.2 Å². The van der Waals surface area contributed by atoms with Gasteiger partial charge in [0.05, 0.1) is 12.2 Å². The van der Waals surface area contributed by atoms with Crippen LogP contribution < -0.4 is 10.6 Å². The van der Waals surface area contributed by atoms with Gasteiger partial charge in [-0.3, -0.25) is 14.8 Å². The lowest BCUT2D eigenvalue weighted by atomic mass is 10.1. The molecule has 0 atom stereocenters. The number of aliphatic imine (C=N–C) groups is 1. The number of aromatic nitrogens is 2. The molecule has 0 unspecified atom stereocenters. The Bertz CT molecular complexity index is 1130. The molecule has 2 N–H and O–H groups in total. The molecule has 0 spiro atoms. The van der Waals surface area contributed by atoms with Crippen LogP contribution in [0.2, 0.25) is 0 Å². The van der Waals surface area contributed by atoms with Crippen molar-refractivity contribution in [2.24, 2.45) is 4.99 Å². The Balaban J connectivity index is 1.85. The summed E-state index contributed by atoms with van der Waals surface area (Å²) in [4.78, 5) is 18.5. The average molecular weight is 454 g/mol. The number of nitrogens with zero attached hydrogens (tertiary/aromatic N) is 3. The molecule has 0 saturated carbocycles. The minimum Gasteiger partial charge on any atom is -0.326 e. The minimum absolute atomic E-state index is 0.229. The van der Waals surface area contributed by atoms with Crippen LogP contribution in [-0.2, 0) is 13.1 Å². The Morgan fingerprint density at radius 1 is 1.22 bits per heavy atom. The number of carbonyl (C=O) groups is 1. The van der Waals surface area contributed by atoms with Crippen LogP contribution in [-0.4, -0.2) is 27.9 Å². The summed E-state index contributed by atoms with van der Waals surface area (Å²) < 4.78 is 15.9. The molecule has 6 nitrogen and oxygen atoms in total. The molecule has 0 bridgehead atoms. The molecule has 0 aliphatic carbocycles. The van der Waals surface area contributed by atoms with E-state index in [1.807, 2.05) is 48.3 Å². The number of thioether (sulfide) groups is 1. The van der Waals surface area contributed by atoms with E-state index in [0.717, 1.165) is 34.8 Å². The van der Waals surface area contributed by atoms with Crippen LogP contribution in [0.25, 0.3) is 0 Å². The number of hydrogen-bond donors (Lipinski definition) is 2. The van der Waals surface area contributed by atoms with E-state index in [-0.39, 0.29) is 11.5 Å². The highest BCUT2D eigenvalue weighted by Crippen LogP contribution is 2.19. The summed E-state index contributed by atoms with van der Waals surface area (Å²) in [7, 11) is 0.